The lowest BCUT2D eigenvalue weighted by atomic mass is 10.1. The van der Waals surface area contributed by atoms with Gasteiger partial charge in [0.25, 0.3) is 5.56 Å². The summed E-state index contributed by atoms with van der Waals surface area (Å²) in [7, 11) is 2.89. The van der Waals surface area contributed by atoms with E-state index in [0.29, 0.717) is 11.3 Å². The molecule has 128 valence electrons. The number of phenolic OH excluding ortho intramolecular Hbond substituents is 1. The number of hydrazone groups is 1. The van der Waals surface area contributed by atoms with Gasteiger partial charge in [0.15, 0.2) is 11.5 Å². The van der Waals surface area contributed by atoms with E-state index in [1.807, 2.05) is 13.8 Å². The predicted octanol–water partition coefficient (Wildman–Crippen LogP) is 2.06. The normalized spacial score (nSPS) is 11.0. The number of anilines is 1. The van der Waals surface area contributed by atoms with Crippen LogP contribution in [0.25, 0.3) is 0 Å². The molecule has 1 aromatic carbocycles. The van der Waals surface area contributed by atoms with Crippen LogP contribution in [0.1, 0.15) is 31.0 Å². The van der Waals surface area contributed by atoms with E-state index in [0.717, 1.165) is 0 Å². The number of nitrogens with zero attached hydrogens (tertiary/aromatic N) is 2. The number of aromatic hydroxyl groups is 1. The van der Waals surface area contributed by atoms with Gasteiger partial charge >= 0.3 is 0 Å². The van der Waals surface area contributed by atoms with Crippen molar-refractivity contribution in [1.82, 2.24) is 9.97 Å². The van der Waals surface area contributed by atoms with Crippen molar-refractivity contribution in [3.05, 3.63) is 39.8 Å². The highest BCUT2D eigenvalue weighted by molar-refractivity contribution is 5.82. The predicted molar refractivity (Wildman–Crippen MR) is 91.4 cm³/mol. The van der Waals surface area contributed by atoms with Crippen LogP contribution in [0.5, 0.6) is 17.2 Å². The van der Waals surface area contributed by atoms with Crippen molar-refractivity contribution in [2.45, 2.75) is 19.8 Å². The number of rotatable bonds is 6. The number of benzene rings is 1. The fraction of sp³-hybridized carbons (Fsp3) is 0.312. The minimum Gasteiger partial charge on any atom is -0.502 e. The SMILES string of the molecule is COc1cc(/C=N\Nc2nc(C(C)C)cc(=O)[nH]2)cc(OC)c1O. The third-order valence-electron chi connectivity index (χ3n) is 3.24. The van der Waals surface area contributed by atoms with Crippen LogP contribution in [-0.4, -0.2) is 35.5 Å². The minimum absolute atomic E-state index is 0.0826. The molecule has 2 rings (SSSR count). The molecule has 3 N–H and O–H groups in total. The molecule has 0 aliphatic heterocycles. The molecule has 0 saturated carbocycles. The summed E-state index contributed by atoms with van der Waals surface area (Å²) in [6, 6.07) is 4.66. The van der Waals surface area contributed by atoms with Gasteiger partial charge in [-0.25, -0.2) is 10.4 Å². The van der Waals surface area contributed by atoms with Gasteiger partial charge in [-0.3, -0.25) is 9.78 Å². The van der Waals surface area contributed by atoms with Crippen LogP contribution in [0, 0.1) is 0 Å². The van der Waals surface area contributed by atoms with Crippen molar-refractivity contribution in [1.29, 1.82) is 0 Å². The molecule has 1 heterocycles. The van der Waals surface area contributed by atoms with Crippen LogP contribution in [0.4, 0.5) is 5.95 Å². The molecule has 2 aromatic rings. The molecule has 8 heteroatoms. The molecule has 0 radical (unpaired) electrons. The zero-order chi connectivity index (χ0) is 17.7. The largest absolute Gasteiger partial charge is 0.502 e. The molecule has 0 amide bonds. The molecule has 0 spiro atoms. The molecule has 0 atom stereocenters. The second-order valence-electron chi connectivity index (χ2n) is 5.32. The fourth-order valence-electron chi connectivity index (χ4n) is 1.98. The van der Waals surface area contributed by atoms with Crippen LogP contribution < -0.4 is 20.5 Å². The Morgan fingerprint density at radius 1 is 1.25 bits per heavy atom. The number of aromatic amines is 1. The molecular formula is C16H20N4O4. The highest BCUT2D eigenvalue weighted by Crippen LogP contribution is 2.36. The first kappa shape index (κ1) is 17.3. The maximum atomic E-state index is 11.6. The summed E-state index contributed by atoms with van der Waals surface area (Å²) in [5.41, 5.74) is 3.73. The minimum atomic E-state index is -0.251. The Balaban J connectivity index is 2.22. The highest BCUT2D eigenvalue weighted by atomic mass is 16.5. The second kappa shape index (κ2) is 7.49. The van der Waals surface area contributed by atoms with Crippen molar-refractivity contribution in [3.8, 4) is 17.2 Å². The van der Waals surface area contributed by atoms with Gasteiger partial charge in [-0.05, 0) is 18.1 Å². The number of ether oxygens (including phenoxy) is 2. The average Bonchev–Trinajstić information content (AvgIpc) is 2.55. The van der Waals surface area contributed by atoms with Crippen molar-refractivity contribution in [2.24, 2.45) is 5.10 Å². The molecule has 0 fully saturated rings. The molecular weight excluding hydrogens is 312 g/mol. The molecule has 24 heavy (non-hydrogen) atoms. The first-order chi connectivity index (χ1) is 11.4. The molecule has 0 aliphatic rings. The summed E-state index contributed by atoms with van der Waals surface area (Å²) in [5.74, 6) is 0.830. The smallest absolute Gasteiger partial charge is 0.252 e. The monoisotopic (exact) mass is 332 g/mol. The Labute approximate surface area is 139 Å². The van der Waals surface area contributed by atoms with E-state index in [1.54, 1.807) is 12.1 Å². The van der Waals surface area contributed by atoms with Crippen molar-refractivity contribution < 1.29 is 14.6 Å². The molecule has 0 saturated heterocycles. The van der Waals surface area contributed by atoms with Gasteiger partial charge in [0.05, 0.1) is 26.1 Å². The average molecular weight is 332 g/mol. The topological polar surface area (TPSA) is 109 Å². The third-order valence-corrected chi connectivity index (χ3v) is 3.24. The highest BCUT2D eigenvalue weighted by Gasteiger charge is 2.10. The number of aromatic nitrogens is 2. The lowest BCUT2D eigenvalue weighted by Crippen LogP contribution is -2.12. The first-order valence-corrected chi connectivity index (χ1v) is 7.30. The third kappa shape index (κ3) is 4.03. The summed E-state index contributed by atoms with van der Waals surface area (Å²) in [6.45, 7) is 3.90. The van der Waals surface area contributed by atoms with Crippen LogP contribution >= 0.6 is 0 Å². The van der Waals surface area contributed by atoms with E-state index >= 15 is 0 Å². The van der Waals surface area contributed by atoms with Crippen LogP contribution in [0.2, 0.25) is 0 Å². The Kier molecular flexibility index (Phi) is 5.41. The summed E-state index contributed by atoms with van der Waals surface area (Å²) in [6.07, 6.45) is 1.49. The standard InChI is InChI=1S/C16H20N4O4/c1-9(2)11-7-14(21)19-16(18-11)20-17-8-10-5-12(23-3)15(22)13(6-10)24-4/h5-9,22H,1-4H3,(H2,18,19,20,21)/b17-8-. The van der Waals surface area contributed by atoms with Gasteiger partial charge in [-0.1, -0.05) is 13.8 Å². The number of hydrogen-bond acceptors (Lipinski definition) is 7. The van der Waals surface area contributed by atoms with Gasteiger partial charge in [0.1, 0.15) is 0 Å². The Hall–Kier alpha value is -3.03. The molecule has 8 nitrogen and oxygen atoms in total. The molecule has 0 unspecified atom stereocenters. The summed E-state index contributed by atoms with van der Waals surface area (Å²) >= 11 is 0. The zero-order valence-corrected chi connectivity index (χ0v) is 14.0. The summed E-state index contributed by atoms with van der Waals surface area (Å²) in [4.78, 5) is 18.4. The summed E-state index contributed by atoms with van der Waals surface area (Å²) < 4.78 is 10.2. The van der Waals surface area contributed by atoms with Gasteiger partial charge in [-0.2, -0.15) is 5.10 Å². The van der Waals surface area contributed by atoms with Crippen molar-refractivity contribution in [2.75, 3.05) is 19.6 Å². The van der Waals surface area contributed by atoms with Gasteiger partial charge in [0.2, 0.25) is 11.7 Å². The summed E-state index contributed by atoms with van der Waals surface area (Å²) in [5, 5.41) is 13.9. The Bertz CT molecular complexity index is 774. The quantitative estimate of drug-likeness (QED) is 0.552. The van der Waals surface area contributed by atoms with E-state index in [1.165, 1.54) is 26.5 Å². The second-order valence-corrected chi connectivity index (χ2v) is 5.32. The first-order valence-electron chi connectivity index (χ1n) is 7.30. The lowest BCUT2D eigenvalue weighted by Gasteiger charge is -2.09. The van der Waals surface area contributed by atoms with E-state index in [2.05, 4.69) is 20.5 Å². The van der Waals surface area contributed by atoms with Crippen molar-refractivity contribution >= 4 is 12.2 Å². The number of nitrogens with one attached hydrogen (secondary N) is 2. The number of methoxy groups -OCH3 is 2. The van der Waals surface area contributed by atoms with Crippen molar-refractivity contribution in [3.63, 3.8) is 0 Å². The lowest BCUT2D eigenvalue weighted by molar-refractivity contribution is 0.340. The van der Waals surface area contributed by atoms with E-state index in [9.17, 15) is 9.90 Å². The maximum absolute atomic E-state index is 11.6. The Morgan fingerprint density at radius 2 is 1.88 bits per heavy atom. The van der Waals surface area contributed by atoms with Crippen LogP contribution in [0.15, 0.2) is 28.1 Å². The maximum Gasteiger partial charge on any atom is 0.252 e. The van der Waals surface area contributed by atoms with Gasteiger partial charge in [-0.15, -0.1) is 0 Å². The number of hydrogen-bond donors (Lipinski definition) is 3. The Morgan fingerprint density at radius 3 is 2.42 bits per heavy atom. The zero-order valence-electron chi connectivity index (χ0n) is 14.0. The number of H-pyrrole nitrogens is 1. The molecule has 0 aliphatic carbocycles. The van der Waals surface area contributed by atoms with E-state index in [-0.39, 0.29) is 34.7 Å². The van der Waals surface area contributed by atoms with E-state index in [4.69, 9.17) is 9.47 Å². The van der Waals surface area contributed by atoms with Crippen LogP contribution in [0.3, 0.4) is 0 Å². The van der Waals surface area contributed by atoms with Gasteiger partial charge in [0, 0.05) is 11.6 Å². The van der Waals surface area contributed by atoms with Crippen LogP contribution in [-0.2, 0) is 0 Å². The molecule has 1 aromatic heterocycles. The fourth-order valence-corrected chi connectivity index (χ4v) is 1.98. The molecule has 0 bridgehead atoms. The van der Waals surface area contributed by atoms with Gasteiger partial charge < -0.3 is 14.6 Å². The van der Waals surface area contributed by atoms with E-state index < -0.39 is 0 Å². The number of phenols is 1.